The number of benzene rings is 1. The van der Waals surface area contributed by atoms with E-state index < -0.39 is 5.97 Å². The molecule has 2 aromatic rings. The van der Waals surface area contributed by atoms with Gasteiger partial charge in [-0.2, -0.15) is 0 Å². The number of halogens is 1. The smallest absolute Gasteiger partial charge is 0.335 e. The van der Waals surface area contributed by atoms with Crippen molar-refractivity contribution < 1.29 is 14.6 Å². The molecule has 5 heteroatoms. The SMILES string of the molecule is CCc1cccc(Oc2cc(C(=O)O)cc(Cl)n2)c1. The van der Waals surface area contributed by atoms with Crippen LogP contribution in [0.4, 0.5) is 0 Å². The lowest BCUT2D eigenvalue weighted by atomic mass is 10.2. The van der Waals surface area contributed by atoms with Gasteiger partial charge in [-0.1, -0.05) is 30.7 Å². The van der Waals surface area contributed by atoms with Crippen LogP contribution in [0.15, 0.2) is 36.4 Å². The van der Waals surface area contributed by atoms with Gasteiger partial charge >= 0.3 is 5.97 Å². The van der Waals surface area contributed by atoms with Gasteiger partial charge in [-0.25, -0.2) is 9.78 Å². The molecular weight excluding hydrogens is 266 g/mol. The minimum absolute atomic E-state index is 0.0432. The van der Waals surface area contributed by atoms with E-state index in [0.717, 1.165) is 12.0 Å². The fourth-order valence-electron chi connectivity index (χ4n) is 1.60. The van der Waals surface area contributed by atoms with Crippen LogP contribution in [0, 0.1) is 0 Å². The van der Waals surface area contributed by atoms with E-state index in [1.165, 1.54) is 12.1 Å². The fraction of sp³-hybridized carbons (Fsp3) is 0.143. The van der Waals surface area contributed by atoms with Crippen molar-refractivity contribution in [2.45, 2.75) is 13.3 Å². The fourth-order valence-corrected chi connectivity index (χ4v) is 1.80. The molecule has 1 heterocycles. The molecule has 1 N–H and O–H groups in total. The van der Waals surface area contributed by atoms with E-state index in [0.29, 0.717) is 5.75 Å². The standard InChI is InChI=1S/C14H12ClNO3/c1-2-9-4-3-5-11(6-9)19-13-8-10(14(17)18)7-12(15)16-13/h3-8H,2H2,1H3,(H,17,18). The summed E-state index contributed by atoms with van der Waals surface area (Å²) in [6, 6.07) is 10.1. The van der Waals surface area contributed by atoms with Gasteiger partial charge in [0.05, 0.1) is 5.56 Å². The van der Waals surface area contributed by atoms with Crippen molar-refractivity contribution in [1.29, 1.82) is 0 Å². The molecular formula is C14H12ClNO3. The number of pyridine rings is 1. The molecule has 0 amide bonds. The number of hydrogen-bond acceptors (Lipinski definition) is 3. The number of aryl methyl sites for hydroxylation is 1. The summed E-state index contributed by atoms with van der Waals surface area (Å²) in [6.07, 6.45) is 0.889. The number of hydrogen-bond donors (Lipinski definition) is 1. The van der Waals surface area contributed by atoms with Crippen LogP contribution < -0.4 is 4.74 Å². The van der Waals surface area contributed by atoms with Crippen LogP contribution in [-0.2, 0) is 6.42 Å². The zero-order chi connectivity index (χ0) is 13.8. The maximum Gasteiger partial charge on any atom is 0.335 e. The molecule has 0 spiro atoms. The van der Waals surface area contributed by atoms with Crippen molar-refractivity contribution >= 4 is 17.6 Å². The molecule has 1 aromatic heterocycles. The van der Waals surface area contributed by atoms with E-state index >= 15 is 0 Å². The molecule has 0 saturated heterocycles. The first-order valence-corrected chi connectivity index (χ1v) is 6.14. The summed E-state index contributed by atoms with van der Waals surface area (Å²) < 4.78 is 5.53. The number of ether oxygens (including phenoxy) is 1. The van der Waals surface area contributed by atoms with Gasteiger partial charge in [0.15, 0.2) is 0 Å². The van der Waals surface area contributed by atoms with E-state index in [1.807, 2.05) is 25.1 Å². The van der Waals surface area contributed by atoms with Crippen LogP contribution in [0.1, 0.15) is 22.8 Å². The van der Waals surface area contributed by atoms with Crippen molar-refractivity contribution in [1.82, 2.24) is 4.98 Å². The number of carboxylic acids is 1. The van der Waals surface area contributed by atoms with E-state index in [1.54, 1.807) is 6.07 Å². The van der Waals surface area contributed by atoms with Gasteiger partial charge in [-0.15, -0.1) is 0 Å². The lowest BCUT2D eigenvalue weighted by Crippen LogP contribution is -1.98. The maximum absolute atomic E-state index is 10.9. The van der Waals surface area contributed by atoms with E-state index in [4.69, 9.17) is 21.4 Å². The third-order valence-electron chi connectivity index (χ3n) is 2.55. The highest BCUT2D eigenvalue weighted by Crippen LogP contribution is 2.23. The predicted molar refractivity (Wildman–Crippen MR) is 72.1 cm³/mol. The maximum atomic E-state index is 10.9. The molecule has 0 aliphatic heterocycles. The molecule has 0 aliphatic carbocycles. The minimum Gasteiger partial charge on any atom is -0.478 e. The van der Waals surface area contributed by atoms with E-state index in [2.05, 4.69) is 4.98 Å². The Bertz CT molecular complexity index is 613. The Kier molecular flexibility index (Phi) is 4.02. The molecule has 98 valence electrons. The average Bonchev–Trinajstić information content (AvgIpc) is 2.38. The van der Waals surface area contributed by atoms with Crippen LogP contribution in [0.25, 0.3) is 0 Å². The zero-order valence-electron chi connectivity index (χ0n) is 10.3. The van der Waals surface area contributed by atoms with Gasteiger partial charge in [-0.05, 0) is 30.2 Å². The molecule has 0 saturated carbocycles. The highest BCUT2D eigenvalue weighted by Gasteiger charge is 2.09. The van der Waals surface area contributed by atoms with Crippen LogP contribution in [0.2, 0.25) is 5.15 Å². The van der Waals surface area contributed by atoms with Crippen molar-refractivity contribution in [2.75, 3.05) is 0 Å². The van der Waals surface area contributed by atoms with Crippen molar-refractivity contribution in [3.8, 4) is 11.6 Å². The van der Waals surface area contributed by atoms with E-state index in [-0.39, 0.29) is 16.6 Å². The molecule has 0 radical (unpaired) electrons. The topological polar surface area (TPSA) is 59.4 Å². The average molecular weight is 278 g/mol. The number of carbonyl (C=O) groups is 1. The Balaban J connectivity index is 2.29. The summed E-state index contributed by atoms with van der Waals surface area (Å²) in [6.45, 7) is 2.04. The highest BCUT2D eigenvalue weighted by molar-refractivity contribution is 6.29. The minimum atomic E-state index is -1.07. The van der Waals surface area contributed by atoms with Crippen molar-refractivity contribution in [3.05, 3.63) is 52.7 Å². The van der Waals surface area contributed by atoms with Gasteiger partial charge in [0.2, 0.25) is 5.88 Å². The Hall–Kier alpha value is -2.07. The quantitative estimate of drug-likeness (QED) is 0.864. The van der Waals surface area contributed by atoms with Crippen molar-refractivity contribution in [2.24, 2.45) is 0 Å². The second kappa shape index (κ2) is 5.71. The molecule has 4 nitrogen and oxygen atoms in total. The summed E-state index contributed by atoms with van der Waals surface area (Å²) >= 11 is 5.76. The summed E-state index contributed by atoms with van der Waals surface area (Å²) in [7, 11) is 0. The molecule has 0 unspecified atom stereocenters. The van der Waals surface area contributed by atoms with Gasteiger partial charge in [0, 0.05) is 6.07 Å². The number of rotatable bonds is 4. The van der Waals surface area contributed by atoms with Crippen LogP contribution in [0.3, 0.4) is 0 Å². The summed E-state index contributed by atoms with van der Waals surface area (Å²) in [4.78, 5) is 14.9. The Labute approximate surface area is 115 Å². The molecule has 2 rings (SSSR count). The number of nitrogens with zero attached hydrogens (tertiary/aromatic N) is 1. The molecule has 0 bridgehead atoms. The third kappa shape index (κ3) is 3.45. The lowest BCUT2D eigenvalue weighted by molar-refractivity contribution is 0.0696. The number of aromatic nitrogens is 1. The van der Waals surface area contributed by atoms with Crippen LogP contribution in [0.5, 0.6) is 11.6 Å². The first-order valence-electron chi connectivity index (χ1n) is 5.76. The third-order valence-corrected chi connectivity index (χ3v) is 2.74. The normalized spacial score (nSPS) is 10.2. The monoisotopic (exact) mass is 277 g/mol. The molecule has 0 aliphatic rings. The first-order chi connectivity index (χ1) is 9.08. The Morgan fingerprint density at radius 1 is 1.37 bits per heavy atom. The van der Waals surface area contributed by atoms with Gasteiger partial charge in [0.25, 0.3) is 0 Å². The van der Waals surface area contributed by atoms with Crippen molar-refractivity contribution in [3.63, 3.8) is 0 Å². The molecule has 1 aromatic carbocycles. The predicted octanol–water partition coefficient (Wildman–Crippen LogP) is 3.79. The zero-order valence-corrected chi connectivity index (χ0v) is 11.0. The second-order valence-corrected chi connectivity index (χ2v) is 4.31. The molecule has 19 heavy (non-hydrogen) atoms. The molecule has 0 atom stereocenters. The summed E-state index contributed by atoms with van der Waals surface area (Å²) in [5, 5.41) is 9.02. The van der Waals surface area contributed by atoms with E-state index in [9.17, 15) is 4.79 Å². The number of carboxylic acid groups (broad SMARTS) is 1. The first kappa shape index (κ1) is 13.4. The Morgan fingerprint density at radius 2 is 2.16 bits per heavy atom. The number of aromatic carboxylic acids is 1. The lowest BCUT2D eigenvalue weighted by Gasteiger charge is -2.07. The molecule has 0 fully saturated rings. The van der Waals surface area contributed by atoms with Gasteiger partial charge in [-0.3, -0.25) is 0 Å². The van der Waals surface area contributed by atoms with Crippen LogP contribution >= 0.6 is 11.6 Å². The van der Waals surface area contributed by atoms with Gasteiger partial charge in [0.1, 0.15) is 10.9 Å². The van der Waals surface area contributed by atoms with Gasteiger partial charge < -0.3 is 9.84 Å². The highest BCUT2D eigenvalue weighted by atomic mass is 35.5. The summed E-state index contributed by atoms with van der Waals surface area (Å²) in [5.74, 6) is -0.305. The second-order valence-electron chi connectivity index (χ2n) is 3.92. The summed E-state index contributed by atoms with van der Waals surface area (Å²) in [5.41, 5.74) is 1.17. The van der Waals surface area contributed by atoms with Crippen LogP contribution in [-0.4, -0.2) is 16.1 Å². The largest absolute Gasteiger partial charge is 0.478 e. The Morgan fingerprint density at radius 3 is 2.84 bits per heavy atom.